The Balaban J connectivity index is 1.96. The highest BCUT2D eigenvalue weighted by Gasteiger charge is 2.14. The number of fused-ring (bicyclic) bond motifs is 1. The molecule has 0 bridgehead atoms. The molecule has 1 heterocycles. The third kappa shape index (κ3) is 2.63. The van der Waals surface area contributed by atoms with E-state index in [9.17, 15) is 14.3 Å². The minimum atomic E-state index is -0.924. The summed E-state index contributed by atoms with van der Waals surface area (Å²) in [6, 6.07) is 11.3. The Hall–Kier alpha value is -2.53. The highest BCUT2D eigenvalue weighted by atomic mass is 19.1. The third-order valence-electron chi connectivity index (χ3n) is 3.70. The summed E-state index contributed by atoms with van der Waals surface area (Å²) in [5, 5.41) is 15.7. The predicted octanol–water partition coefficient (Wildman–Crippen LogP) is 2.58. The van der Waals surface area contributed by atoms with Crippen molar-refractivity contribution < 1.29 is 9.50 Å². The van der Waals surface area contributed by atoms with E-state index in [1.165, 1.54) is 22.9 Å². The van der Waals surface area contributed by atoms with E-state index in [-0.39, 0.29) is 17.9 Å². The Morgan fingerprint density at radius 1 is 1.27 bits per heavy atom. The number of benzene rings is 2. The first-order valence-electron chi connectivity index (χ1n) is 6.95. The highest BCUT2D eigenvalue weighted by Crippen LogP contribution is 2.19. The van der Waals surface area contributed by atoms with E-state index < -0.39 is 6.10 Å². The fourth-order valence-electron chi connectivity index (χ4n) is 2.53. The van der Waals surface area contributed by atoms with E-state index in [0.29, 0.717) is 16.5 Å². The molecule has 1 unspecified atom stereocenters. The average Bonchev–Trinajstić information content (AvgIpc) is 2.50. The summed E-state index contributed by atoms with van der Waals surface area (Å²) in [4.78, 5) is 12.4. The van der Waals surface area contributed by atoms with Crippen molar-refractivity contribution >= 4 is 10.8 Å². The molecule has 0 fully saturated rings. The van der Waals surface area contributed by atoms with Crippen molar-refractivity contribution in [1.29, 1.82) is 0 Å². The topological polar surface area (TPSA) is 55.1 Å². The van der Waals surface area contributed by atoms with Crippen molar-refractivity contribution in [3.05, 3.63) is 76.0 Å². The normalized spacial score (nSPS) is 12.5. The molecule has 0 saturated carbocycles. The molecule has 1 atom stereocenters. The average molecular weight is 298 g/mol. The molecule has 112 valence electrons. The van der Waals surface area contributed by atoms with Gasteiger partial charge in [0.25, 0.3) is 5.56 Å². The molecule has 22 heavy (non-hydrogen) atoms. The van der Waals surface area contributed by atoms with Gasteiger partial charge in [0, 0.05) is 5.39 Å². The van der Waals surface area contributed by atoms with Crippen LogP contribution in [0.15, 0.2) is 53.5 Å². The standard InChI is InChI=1S/C17H15FN2O2/c1-11-8-13(18)6-7-14(11)16(21)10-20-17(22)15-5-3-2-4-12(15)9-19-20/h2-9,16,21H,10H2,1H3. The Bertz CT molecular complexity index is 889. The second-order valence-corrected chi connectivity index (χ2v) is 5.24. The molecule has 4 nitrogen and oxygen atoms in total. The lowest BCUT2D eigenvalue weighted by molar-refractivity contribution is 0.149. The molecule has 0 aliphatic rings. The van der Waals surface area contributed by atoms with Crippen LogP contribution >= 0.6 is 0 Å². The molecule has 1 N–H and O–H groups in total. The molecule has 3 aromatic rings. The van der Waals surface area contributed by atoms with Crippen molar-refractivity contribution in [3.63, 3.8) is 0 Å². The summed E-state index contributed by atoms with van der Waals surface area (Å²) in [6.45, 7) is 1.74. The molecule has 0 amide bonds. The van der Waals surface area contributed by atoms with E-state index in [1.807, 2.05) is 12.1 Å². The highest BCUT2D eigenvalue weighted by molar-refractivity contribution is 5.80. The SMILES string of the molecule is Cc1cc(F)ccc1C(O)Cn1ncc2ccccc2c1=O. The minimum absolute atomic E-state index is 0.0239. The molecule has 0 saturated heterocycles. The summed E-state index contributed by atoms with van der Waals surface area (Å²) >= 11 is 0. The first kappa shape index (κ1) is 14.4. The van der Waals surface area contributed by atoms with Crippen molar-refractivity contribution in [2.24, 2.45) is 0 Å². The number of hydrogen-bond acceptors (Lipinski definition) is 3. The molecule has 5 heteroatoms. The molecule has 0 spiro atoms. The van der Waals surface area contributed by atoms with Crippen LogP contribution in [0.1, 0.15) is 17.2 Å². The van der Waals surface area contributed by atoms with Gasteiger partial charge in [-0.15, -0.1) is 0 Å². The molecule has 0 radical (unpaired) electrons. The zero-order valence-electron chi connectivity index (χ0n) is 12.0. The van der Waals surface area contributed by atoms with Crippen LogP contribution in [-0.2, 0) is 6.54 Å². The Kier molecular flexibility index (Phi) is 3.73. The Morgan fingerprint density at radius 2 is 2.05 bits per heavy atom. The van der Waals surface area contributed by atoms with E-state index in [1.54, 1.807) is 25.3 Å². The first-order valence-corrected chi connectivity index (χ1v) is 6.95. The van der Waals surface area contributed by atoms with Crippen LogP contribution in [0.4, 0.5) is 4.39 Å². The second kappa shape index (κ2) is 5.69. The monoisotopic (exact) mass is 298 g/mol. The van der Waals surface area contributed by atoms with Crippen molar-refractivity contribution in [1.82, 2.24) is 9.78 Å². The molecule has 1 aromatic heterocycles. The zero-order chi connectivity index (χ0) is 15.7. The number of aryl methyl sites for hydroxylation is 1. The molecule has 3 rings (SSSR count). The number of aliphatic hydroxyl groups excluding tert-OH is 1. The molecular weight excluding hydrogens is 283 g/mol. The van der Waals surface area contributed by atoms with Gasteiger partial charge < -0.3 is 5.11 Å². The van der Waals surface area contributed by atoms with Crippen LogP contribution in [0.2, 0.25) is 0 Å². The summed E-state index contributed by atoms with van der Waals surface area (Å²) in [5.74, 6) is -0.352. The van der Waals surface area contributed by atoms with Gasteiger partial charge in [-0.1, -0.05) is 24.3 Å². The maximum Gasteiger partial charge on any atom is 0.274 e. The van der Waals surface area contributed by atoms with Gasteiger partial charge in [-0.3, -0.25) is 4.79 Å². The van der Waals surface area contributed by atoms with Gasteiger partial charge in [-0.05, 0) is 36.2 Å². The summed E-state index contributed by atoms with van der Waals surface area (Å²) < 4.78 is 14.4. The second-order valence-electron chi connectivity index (χ2n) is 5.24. The summed E-state index contributed by atoms with van der Waals surface area (Å²) in [7, 11) is 0. The van der Waals surface area contributed by atoms with Gasteiger partial charge in [-0.2, -0.15) is 5.10 Å². The zero-order valence-corrected chi connectivity index (χ0v) is 12.0. The number of aliphatic hydroxyl groups is 1. The van der Waals surface area contributed by atoms with Crippen LogP contribution in [0, 0.1) is 12.7 Å². The van der Waals surface area contributed by atoms with Crippen LogP contribution < -0.4 is 5.56 Å². The fourth-order valence-corrected chi connectivity index (χ4v) is 2.53. The van der Waals surface area contributed by atoms with Crippen molar-refractivity contribution in [2.45, 2.75) is 19.6 Å². The molecule has 2 aromatic carbocycles. The van der Waals surface area contributed by atoms with Crippen LogP contribution in [0.25, 0.3) is 10.8 Å². The van der Waals surface area contributed by atoms with E-state index in [0.717, 1.165) is 5.39 Å². The van der Waals surface area contributed by atoms with E-state index >= 15 is 0 Å². The van der Waals surface area contributed by atoms with Gasteiger partial charge in [0.2, 0.25) is 0 Å². The number of hydrogen-bond donors (Lipinski definition) is 1. The minimum Gasteiger partial charge on any atom is -0.386 e. The number of halogens is 1. The quantitative estimate of drug-likeness (QED) is 0.808. The molecular formula is C17H15FN2O2. The van der Waals surface area contributed by atoms with E-state index in [4.69, 9.17) is 0 Å². The lowest BCUT2D eigenvalue weighted by atomic mass is 10.0. The third-order valence-corrected chi connectivity index (χ3v) is 3.70. The van der Waals surface area contributed by atoms with Gasteiger partial charge >= 0.3 is 0 Å². The fraction of sp³-hybridized carbons (Fsp3) is 0.176. The van der Waals surface area contributed by atoms with Gasteiger partial charge in [0.1, 0.15) is 5.82 Å². The lowest BCUT2D eigenvalue weighted by Gasteiger charge is -2.15. The van der Waals surface area contributed by atoms with Crippen LogP contribution in [-0.4, -0.2) is 14.9 Å². The van der Waals surface area contributed by atoms with Crippen molar-refractivity contribution in [3.8, 4) is 0 Å². The predicted molar refractivity (Wildman–Crippen MR) is 82.1 cm³/mol. The first-order chi connectivity index (χ1) is 10.6. The van der Waals surface area contributed by atoms with Gasteiger partial charge in [0.05, 0.1) is 24.2 Å². The summed E-state index contributed by atoms with van der Waals surface area (Å²) in [5.41, 5.74) is 0.974. The number of nitrogens with zero attached hydrogens (tertiary/aromatic N) is 2. The van der Waals surface area contributed by atoms with E-state index in [2.05, 4.69) is 5.10 Å². The largest absolute Gasteiger partial charge is 0.386 e. The number of aromatic nitrogens is 2. The molecule has 0 aliphatic heterocycles. The lowest BCUT2D eigenvalue weighted by Crippen LogP contribution is -2.26. The summed E-state index contributed by atoms with van der Waals surface area (Å²) in [6.07, 6.45) is 0.674. The van der Waals surface area contributed by atoms with Crippen molar-refractivity contribution in [2.75, 3.05) is 0 Å². The van der Waals surface area contributed by atoms with Crippen LogP contribution in [0.3, 0.4) is 0 Å². The maximum atomic E-state index is 13.1. The maximum absolute atomic E-state index is 13.1. The number of rotatable bonds is 3. The Morgan fingerprint density at radius 3 is 2.82 bits per heavy atom. The Labute approximate surface area is 126 Å². The van der Waals surface area contributed by atoms with Gasteiger partial charge in [0.15, 0.2) is 0 Å². The van der Waals surface area contributed by atoms with Gasteiger partial charge in [-0.25, -0.2) is 9.07 Å². The molecule has 0 aliphatic carbocycles. The smallest absolute Gasteiger partial charge is 0.274 e. The van der Waals surface area contributed by atoms with Crippen LogP contribution in [0.5, 0.6) is 0 Å².